The van der Waals surface area contributed by atoms with Gasteiger partial charge in [-0.3, -0.25) is 25.2 Å². The fraction of sp³-hybridized carbons (Fsp3) is 0.211. The first kappa shape index (κ1) is 18.4. The zero-order valence-corrected chi connectivity index (χ0v) is 14.6. The topological polar surface area (TPSA) is 87.7 Å². The maximum Gasteiger partial charge on any atom is 0.272 e. The summed E-state index contributed by atoms with van der Waals surface area (Å²) in [4.78, 5) is 37.9. The van der Waals surface area contributed by atoms with Crippen molar-refractivity contribution in [2.75, 3.05) is 18.6 Å². The molecular weight excluding hydrogens is 353 g/mol. The Bertz CT molecular complexity index is 870. The van der Waals surface area contributed by atoms with Crippen molar-refractivity contribution in [3.8, 4) is 5.75 Å². The standard InChI is InChI=1S/C19H18FN3O4/c1-27-14-8-6-13(7-9-14)23-11-12(10-17(23)24)18(25)21-22-19(26)15-4-2-3-5-16(15)20/h2-9,12H,10-11H2,1H3,(H,21,25)(H,22,26)/t12-/m1/s1. The largest absolute Gasteiger partial charge is 0.497 e. The third-order valence-corrected chi connectivity index (χ3v) is 4.30. The minimum Gasteiger partial charge on any atom is -0.497 e. The van der Waals surface area contributed by atoms with Gasteiger partial charge in [-0.05, 0) is 36.4 Å². The molecule has 0 radical (unpaired) electrons. The summed E-state index contributed by atoms with van der Waals surface area (Å²) in [5.41, 5.74) is 4.91. The number of hydrogen-bond acceptors (Lipinski definition) is 4. The van der Waals surface area contributed by atoms with Crippen LogP contribution in [0.1, 0.15) is 16.8 Å². The minimum atomic E-state index is -0.766. The van der Waals surface area contributed by atoms with Crippen LogP contribution in [0.25, 0.3) is 0 Å². The molecule has 7 nitrogen and oxygen atoms in total. The maximum absolute atomic E-state index is 13.6. The van der Waals surface area contributed by atoms with Crippen LogP contribution < -0.4 is 20.5 Å². The van der Waals surface area contributed by atoms with Crippen LogP contribution in [0.5, 0.6) is 5.75 Å². The van der Waals surface area contributed by atoms with Crippen LogP contribution in [-0.2, 0) is 9.59 Å². The lowest BCUT2D eigenvalue weighted by atomic mass is 10.1. The minimum absolute atomic E-state index is 0.0213. The number of rotatable bonds is 4. The molecule has 2 aromatic carbocycles. The number of ether oxygens (including phenoxy) is 1. The van der Waals surface area contributed by atoms with E-state index in [-0.39, 0.29) is 24.4 Å². The Morgan fingerprint density at radius 1 is 1.11 bits per heavy atom. The summed E-state index contributed by atoms with van der Waals surface area (Å²) in [7, 11) is 1.55. The van der Waals surface area contributed by atoms with Crippen molar-refractivity contribution < 1.29 is 23.5 Å². The lowest BCUT2D eigenvalue weighted by molar-refractivity contribution is -0.126. The second-order valence-electron chi connectivity index (χ2n) is 6.03. The highest BCUT2D eigenvalue weighted by molar-refractivity contribution is 6.01. The Morgan fingerprint density at radius 2 is 1.81 bits per heavy atom. The molecule has 0 saturated carbocycles. The average Bonchev–Trinajstić information content (AvgIpc) is 3.08. The average molecular weight is 371 g/mol. The fourth-order valence-corrected chi connectivity index (χ4v) is 2.83. The molecule has 2 aromatic rings. The van der Waals surface area contributed by atoms with Crippen molar-refractivity contribution in [3.63, 3.8) is 0 Å². The number of anilines is 1. The molecule has 0 bridgehead atoms. The maximum atomic E-state index is 13.6. The molecule has 1 aliphatic heterocycles. The molecule has 27 heavy (non-hydrogen) atoms. The molecule has 1 saturated heterocycles. The number of carbonyl (C=O) groups is 3. The molecule has 1 heterocycles. The van der Waals surface area contributed by atoms with Gasteiger partial charge in [0, 0.05) is 18.7 Å². The quantitative estimate of drug-likeness (QED) is 0.800. The van der Waals surface area contributed by atoms with E-state index >= 15 is 0 Å². The second-order valence-corrected chi connectivity index (χ2v) is 6.03. The number of amides is 3. The van der Waals surface area contributed by atoms with Gasteiger partial charge in [-0.2, -0.15) is 0 Å². The van der Waals surface area contributed by atoms with Crippen LogP contribution in [0.4, 0.5) is 10.1 Å². The highest BCUT2D eigenvalue weighted by Crippen LogP contribution is 2.26. The van der Waals surface area contributed by atoms with Gasteiger partial charge in [0.25, 0.3) is 5.91 Å². The summed E-state index contributed by atoms with van der Waals surface area (Å²) in [5.74, 6) is -2.12. The van der Waals surface area contributed by atoms with Gasteiger partial charge in [-0.1, -0.05) is 12.1 Å². The van der Waals surface area contributed by atoms with Gasteiger partial charge in [0.15, 0.2) is 0 Å². The van der Waals surface area contributed by atoms with Crippen LogP contribution in [0, 0.1) is 11.7 Å². The van der Waals surface area contributed by atoms with Gasteiger partial charge in [-0.15, -0.1) is 0 Å². The summed E-state index contributed by atoms with van der Waals surface area (Å²) in [6.07, 6.45) is 0.0213. The summed E-state index contributed by atoms with van der Waals surface area (Å²) in [6.45, 7) is 0.187. The second kappa shape index (κ2) is 7.86. The van der Waals surface area contributed by atoms with Crippen molar-refractivity contribution in [1.29, 1.82) is 0 Å². The van der Waals surface area contributed by atoms with Crippen LogP contribution in [0.3, 0.4) is 0 Å². The van der Waals surface area contributed by atoms with E-state index in [9.17, 15) is 18.8 Å². The normalized spacial score (nSPS) is 16.1. The first-order chi connectivity index (χ1) is 13.0. The van der Waals surface area contributed by atoms with Crippen molar-refractivity contribution in [2.45, 2.75) is 6.42 Å². The Kier molecular flexibility index (Phi) is 5.35. The third kappa shape index (κ3) is 4.05. The SMILES string of the molecule is COc1ccc(N2C[C@H](C(=O)NNC(=O)c3ccccc3F)CC2=O)cc1. The van der Waals surface area contributed by atoms with E-state index in [4.69, 9.17) is 4.74 Å². The smallest absolute Gasteiger partial charge is 0.272 e. The van der Waals surface area contributed by atoms with Crippen molar-refractivity contribution >= 4 is 23.4 Å². The zero-order valence-electron chi connectivity index (χ0n) is 14.6. The number of nitrogens with zero attached hydrogens (tertiary/aromatic N) is 1. The Hall–Kier alpha value is -3.42. The van der Waals surface area contributed by atoms with Crippen molar-refractivity contribution in [2.24, 2.45) is 5.92 Å². The number of hydrogen-bond donors (Lipinski definition) is 2. The number of halogens is 1. The molecule has 1 aliphatic rings. The Balaban J connectivity index is 1.58. The van der Waals surface area contributed by atoms with Crippen LogP contribution in [0.15, 0.2) is 48.5 Å². The molecule has 2 N–H and O–H groups in total. The van der Waals surface area contributed by atoms with Gasteiger partial charge in [0.05, 0.1) is 18.6 Å². The van der Waals surface area contributed by atoms with Gasteiger partial charge < -0.3 is 9.64 Å². The number of methoxy groups -OCH3 is 1. The first-order valence-corrected chi connectivity index (χ1v) is 8.28. The van der Waals surface area contributed by atoms with E-state index in [1.165, 1.54) is 23.1 Å². The van der Waals surface area contributed by atoms with Crippen LogP contribution in [-0.4, -0.2) is 31.4 Å². The molecule has 1 fully saturated rings. The molecule has 0 spiro atoms. The van der Waals surface area contributed by atoms with E-state index in [1.54, 1.807) is 31.4 Å². The zero-order chi connectivity index (χ0) is 19.4. The molecule has 1 atom stereocenters. The van der Waals surface area contributed by atoms with E-state index in [0.717, 1.165) is 6.07 Å². The number of hydrazine groups is 1. The fourth-order valence-electron chi connectivity index (χ4n) is 2.83. The number of carbonyl (C=O) groups excluding carboxylic acids is 3. The van der Waals surface area contributed by atoms with E-state index in [0.29, 0.717) is 11.4 Å². The number of nitrogens with one attached hydrogen (secondary N) is 2. The van der Waals surface area contributed by atoms with E-state index in [1.807, 2.05) is 0 Å². The van der Waals surface area contributed by atoms with Gasteiger partial charge in [-0.25, -0.2) is 4.39 Å². The monoisotopic (exact) mass is 371 g/mol. The van der Waals surface area contributed by atoms with E-state index in [2.05, 4.69) is 10.9 Å². The molecule has 3 rings (SSSR count). The van der Waals surface area contributed by atoms with Crippen LogP contribution >= 0.6 is 0 Å². The summed E-state index contributed by atoms with van der Waals surface area (Å²) < 4.78 is 18.7. The van der Waals surface area contributed by atoms with E-state index < -0.39 is 23.5 Å². The predicted molar refractivity (Wildman–Crippen MR) is 95.5 cm³/mol. The number of benzene rings is 2. The molecule has 3 amide bonds. The first-order valence-electron chi connectivity index (χ1n) is 8.28. The molecule has 140 valence electrons. The molecule has 8 heteroatoms. The van der Waals surface area contributed by atoms with Crippen LogP contribution in [0.2, 0.25) is 0 Å². The molecule has 0 aliphatic carbocycles. The summed E-state index contributed by atoms with van der Waals surface area (Å²) in [5, 5.41) is 0. The third-order valence-electron chi connectivity index (χ3n) is 4.30. The molecular formula is C19H18FN3O4. The highest BCUT2D eigenvalue weighted by atomic mass is 19.1. The predicted octanol–water partition coefficient (Wildman–Crippen LogP) is 1.65. The summed E-state index contributed by atoms with van der Waals surface area (Å²) >= 11 is 0. The molecule has 0 unspecified atom stereocenters. The van der Waals surface area contributed by atoms with Gasteiger partial charge >= 0.3 is 0 Å². The van der Waals surface area contributed by atoms with Crippen molar-refractivity contribution in [3.05, 3.63) is 59.9 Å². The molecule has 0 aromatic heterocycles. The van der Waals surface area contributed by atoms with Crippen molar-refractivity contribution in [1.82, 2.24) is 10.9 Å². The lowest BCUT2D eigenvalue weighted by Crippen LogP contribution is -2.45. The Labute approximate surface area is 155 Å². The Morgan fingerprint density at radius 3 is 2.48 bits per heavy atom. The highest BCUT2D eigenvalue weighted by Gasteiger charge is 2.35. The summed E-state index contributed by atoms with van der Waals surface area (Å²) in [6, 6.07) is 12.4. The lowest BCUT2D eigenvalue weighted by Gasteiger charge is -2.17. The van der Waals surface area contributed by atoms with Gasteiger partial charge in [0.2, 0.25) is 11.8 Å². The van der Waals surface area contributed by atoms with Gasteiger partial charge in [0.1, 0.15) is 11.6 Å².